The van der Waals surface area contributed by atoms with Gasteiger partial charge < -0.3 is 11.1 Å². The van der Waals surface area contributed by atoms with Crippen molar-refractivity contribution in [1.82, 2.24) is 4.31 Å². The normalized spacial score (nSPS) is 11.8. The van der Waals surface area contributed by atoms with Gasteiger partial charge in [0.1, 0.15) is 4.90 Å². The highest BCUT2D eigenvalue weighted by Gasteiger charge is 2.21. The Labute approximate surface area is 123 Å². The Balaban J connectivity index is 2.28. The van der Waals surface area contributed by atoms with Crippen molar-refractivity contribution in [3.63, 3.8) is 0 Å². The van der Waals surface area contributed by atoms with Crippen LogP contribution < -0.4 is 11.1 Å². The van der Waals surface area contributed by atoms with Crippen LogP contribution in [0.4, 0.5) is 11.4 Å². The van der Waals surface area contributed by atoms with E-state index in [1.807, 2.05) is 17.5 Å². The van der Waals surface area contributed by atoms with E-state index < -0.39 is 10.0 Å². The first-order chi connectivity index (χ1) is 9.43. The van der Waals surface area contributed by atoms with E-state index in [4.69, 9.17) is 5.73 Å². The molecule has 0 unspecified atom stereocenters. The number of nitrogens with zero attached hydrogens (tertiary/aromatic N) is 1. The molecule has 0 bridgehead atoms. The molecule has 1 aromatic carbocycles. The van der Waals surface area contributed by atoms with Gasteiger partial charge >= 0.3 is 0 Å². The number of benzene rings is 1. The van der Waals surface area contributed by atoms with E-state index in [0.717, 1.165) is 9.18 Å². The van der Waals surface area contributed by atoms with Crippen molar-refractivity contribution >= 4 is 32.7 Å². The Hall–Kier alpha value is -1.57. The number of anilines is 2. The van der Waals surface area contributed by atoms with Crippen molar-refractivity contribution in [3.8, 4) is 0 Å². The van der Waals surface area contributed by atoms with Crippen LogP contribution in [0.2, 0.25) is 0 Å². The van der Waals surface area contributed by atoms with Gasteiger partial charge in [-0.05, 0) is 23.6 Å². The molecule has 1 aromatic heterocycles. The van der Waals surface area contributed by atoms with Crippen LogP contribution in [0.3, 0.4) is 0 Å². The van der Waals surface area contributed by atoms with E-state index in [1.165, 1.54) is 20.2 Å². The lowest BCUT2D eigenvalue weighted by Gasteiger charge is -2.16. The molecule has 0 saturated heterocycles. The van der Waals surface area contributed by atoms with Crippen LogP contribution in [-0.4, -0.2) is 26.8 Å². The molecule has 0 amide bonds. The number of nitrogens with one attached hydrogen (secondary N) is 1. The van der Waals surface area contributed by atoms with Crippen LogP contribution in [0.25, 0.3) is 0 Å². The van der Waals surface area contributed by atoms with Gasteiger partial charge in [0.15, 0.2) is 0 Å². The number of thiophene rings is 1. The maximum Gasteiger partial charge on any atom is 0.244 e. The van der Waals surface area contributed by atoms with Gasteiger partial charge in [0.05, 0.1) is 11.4 Å². The van der Waals surface area contributed by atoms with Gasteiger partial charge in [0.25, 0.3) is 0 Å². The first-order valence-electron chi connectivity index (χ1n) is 6.00. The smallest absolute Gasteiger partial charge is 0.244 e. The van der Waals surface area contributed by atoms with Crippen LogP contribution in [0.5, 0.6) is 0 Å². The van der Waals surface area contributed by atoms with E-state index in [1.54, 1.807) is 23.5 Å². The van der Waals surface area contributed by atoms with Gasteiger partial charge in [-0.2, -0.15) is 0 Å². The first-order valence-corrected chi connectivity index (χ1v) is 8.32. The average molecular weight is 311 g/mol. The fraction of sp³-hybridized carbons (Fsp3) is 0.231. The van der Waals surface area contributed by atoms with Crippen molar-refractivity contribution < 1.29 is 8.42 Å². The Morgan fingerprint density at radius 3 is 2.60 bits per heavy atom. The third-order valence-corrected chi connectivity index (χ3v) is 5.61. The van der Waals surface area contributed by atoms with Crippen molar-refractivity contribution in [2.45, 2.75) is 11.4 Å². The van der Waals surface area contributed by atoms with E-state index in [0.29, 0.717) is 12.2 Å². The minimum Gasteiger partial charge on any atom is -0.396 e. The molecule has 3 N–H and O–H groups in total. The summed E-state index contributed by atoms with van der Waals surface area (Å²) in [5.74, 6) is 0. The molecule has 0 aliphatic heterocycles. The second-order valence-corrected chi connectivity index (χ2v) is 7.59. The molecule has 7 heteroatoms. The van der Waals surface area contributed by atoms with Crippen LogP contribution in [0, 0.1) is 0 Å². The molecular weight excluding hydrogens is 294 g/mol. The van der Waals surface area contributed by atoms with Gasteiger partial charge in [0.2, 0.25) is 10.0 Å². The lowest BCUT2D eigenvalue weighted by molar-refractivity contribution is 0.521. The van der Waals surface area contributed by atoms with E-state index >= 15 is 0 Å². The molecule has 2 rings (SSSR count). The fourth-order valence-electron chi connectivity index (χ4n) is 1.72. The van der Waals surface area contributed by atoms with Gasteiger partial charge in [-0.1, -0.05) is 12.1 Å². The van der Waals surface area contributed by atoms with Gasteiger partial charge in [-0.15, -0.1) is 11.3 Å². The second-order valence-electron chi connectivity index (χ2n) is 4.44. The van der Waals surface area contributed by atoms with Gasteiger partial charge in [-0.3, -0.25) is 0 Å². The predicted octanol–water partition coefficient (Wildman–Crippen LogP) is 2.19. The number of sulfonamides is 1. The molecule has 0 aliphatic rings. The highest BCUT2D eigenvalue weighted by Crippen LogP contribution is 2.28. The Kier molecular flexibility index (Phi) is 4.32. The summed E-state index contributed by atoms with van der Waals surface area (Å²) < 4.78 is 25.5. The summed E-state index contributed by atoms with van der Waals surface area (Å²) in [6, 6.07) is 8.95. The fourth-order valence-corrected chi connectivity index (χ4v) is 3.39. The summed E-state index contributed by atoms with van der Waals surface area (Å²) >= 11 is 1.63. The predicted molar refractivity (Wildman–Crippen MR) is 83.4 cm³/mol. The van der Waals surface area contributed by atoms with E-state index in [2.05, 4.69) is 5.32 Å². The number of hydrogen-bond donors (Lipinski definition) is 2. The molecule has 20 heavy (non-hydrogen) atoms. The number of nitrogens with two attached hydrogens (primary N) is 1. The molecule has 1 heterocycles. The summed E-state index contributed by atoms with van der Waals surface area (Å²) in [5.41, 5.74) is 6.86. The zero-order valence-electron chi connectivity index (χ0n) is 11.3. The molecule has 0 radical (unpaired) electrons. The number of nitrogen functional groups attached to an aromatic ring is 1. The molecule has 108 valence electrons. The highest BCUT2D eigenvalue weighted by molar-refractivity contribution is 7.89. The summed E-state index contributed by atoms with van der Waals surface area (Å²) in [4.78, 5) is 1.28. The SMILES string of the molecule is CN(C)S(=O)(=O)c1cccc(NCc2cccs2)c1N. The number of para-hydroxylation sites is 1. The summed E-state index contributed by atoms with van der Waals surface area (Å²) in [6.07, 6.45) is 0. The zero-order valence-corrected chi connectivity index (χ0v) is 13.0. The van der Waals surface area contributed by atoms with Gasteiger partial charge in [0, 0.05) is 25.5 Å². The number of hydrogen-bond acceptors (Lipinski definition) is 5. The largest absolute Gasteiger partial charge is 0.396 e. The molecule has 5 nitrogen and oxygen atoms in total. The molecule has 2 aromatic rings. The molecule has 0 spiro atoms. The van der Waals surface area contributed by atoms with Crippen molar-refractivity contribution in [3.05, 3.63) is 40.6 Å². The van der Waals surface area contributed by atoms with Crippen molar-refractivity contribution in [2.24, 2.45) is 0 Å². The first kappa shape index (κ1) is 14.8. The molecule has 0 atom stereocenters. The van der Waals surface area contributed by atoms with Crippen LogP contribution in [0.1, 0.15) is 4.88 Å². The van der Waals surface area contributed by atoms with Crippen LogP contribution >= 0.6 is 11.3 Å². The highest BCUT2D eigenvalue weighted by atomic mass is 32.2. The lowest BCUT2D eigenvalue weighted by atomic mass is 10.2. The van der Waals surface area contributed by atoms with E-state index in [-0.39, 0.29) is 10.6 Å². The summed E-state index contributed by atoms with van der Waals surface area (Å²) in [5, 5.41) is 5.16. The maximum atomic E-state index is 12.2. The zero-order chi connectivity index (χ0) is 14.8. The standard InChI is InChI=1S/C13H17N3O2S2/c1-16(2)20(17,18)12-7-3-6-11(13(12)14)15-9-10-5-4-8-19-10/h3-8,15H,9,14H2,1-2H3. The second kappa shape index (κ2) is 5.82. The minimum absolute atomic E-state index is 0.124. The quantitative estimate of drug-likeness (QED) is 0.830. The average Bonchev–Trinajstić information content (AvgIpc) is 2.90. The Bertz CT molecular complexity index is 680. The maximum absolute atomic E-state index is 12.2. The van der Waals surface area contributed by atoms with E-state index in [9.17, 15) is 8.42 Å². The minimum atomic E-state index is -3.53. The molecular formula is C13H17N3O2S2. The Morgan fingerprint density at radius 2 is 2.00 bits per heavy atom. The van der Waals surface area contributed by atoms with Crippen LogP contribution in [0.15, 0.2) is 40.6 Å². The lowest BCUT2D eigenvalue weighted by Crippen LogP contribution is -2.23. The third-order valence-electron chi connectivity index (χ3n) is 2.86. The molecule has 0 saturated carbocycles. The Morgan fingerprint density at radius 1 is 1.25 bits per heavy atom. The molecule has 0 aliphatic carbocycles. The van der Waals surface area contributed by atoms with Gasteiger partial charge in [-0.25, -0.2) is 12.7 Å². The summed E-state index contributed by atoms with van der Waals surface area (Å²) in [7, 11) is -0.558. The molecule has 0 fully saturated rings. The van der Waals surface area contributed by atoms with Crippen molar-refractivity contribution in [2.75, 3.05) is 25.1 Å². The topological polar surface area (TPSA) is 75.4 Å². The summed E-state index contributed by atoms with van der Waals surface area (Å²) in [6.45, 7) is 0.618. The van der Waals surface area contributed by atoms with Crippen LogP contribution in [-0.2, 0) is 16.6 Å². The monoisotopic (exact) mass is 311 g/mol. The number of rotatable bonds is 5. The third kappa shape index (κ3) is 2.95. The van der Waals surface area contributed by atoms with Crippen molar-refractivity contribution in [1.29, 1.82) is 0 Å².